The van der Waals surface area contributed by atoms with Crippen molar-refractivity contribution in [3.8, 4) is 0 Å². The number of carbonyl (C=O) groups is 1. The molecule has 5 heteroatoms. The third-order valence-electron chi connectivity index (χ3n) is 2.03. The van der Waals surface area contributed by atoms with E-state index in [1.54, 1.807) is 6.26 Å². The summed E-state index contributed by atoms with van der Waals surface area (Å²) in [7, 11) is 0. The molecule has 0 unspecified atom stereocenters. The number of amides is 1. The summed E-state index contributed by atoms with van der Waals surface area (Å²) in [5.74, 6) is 0.624. The molecule has 2 aromatic heterocycles. The normalized spacial score (nSPS) is 10.0. The maximum absolute atomic E-state index is 11.5. The van der Waals surface area contributed by atoms with Crippen LogP contribution in [0, 0.1) is 0 Å². The fraction of sp³-hybridized carbons (Fsp3) is 0.182. The zero-order valence-corrected chi connectivity index (χ0v) is 8.59. The van der Waals surface area contributed by atoms with E-state index < -0.39 is 0 Å². The maximum Gasteiger partial charge on any atom is 0.271 e. The van der Waals surface area contributed by atoms with Gasteiger partial charge in [0, 0.05) is 25.4 Å². The average molecular weight is 217 g/mol. The van der Waals surface area contributed by atoms with Crippen LogP contribution in [0.1, 0.15) is 16.2 Å². The molecule has 2 aromatic rings. The van der Waals surface area contributed by atoms with Crippen molar-refractivity contribution in [3.05, 3.63) is 48.4 Å². The zero-order chi connectivity index (χ0) is 11.2. The quantitative estimate of drug-likeness (QED) is 0.830. The molecule has 0 aromatic carbocycles. The lowest BCUT2D eigenvalue weighted by Crippen LogP contribution is -2.26. The highest BCUT2D eigenvalue weighted by atomic mass is 16.3. The van der Waals surface area contributed by atoms with E-state index in [2.05, 4.69) is 15.3 Å². The second kappa shape index (κ2) is 5.06. The minimum atomic E-state index is -0.223. The van der Waals surface area contributed by atoms with Crippen LogP contribution < -0.4 is 5.32 Å². The lowest BCUT2D eigenvalue weighted by atomic mass is 10.3. The number of aromatic nitrogens is 2. The van der Waals surface area contributed by atoms with Crippen LogP contribution in [0.2, 0.25) is 0 Å². The molecule has 0 aliphatic carbocycles. The van der Waals surface area contributed by atoms with E-state index >= 15 is 0 Å². The van der Waals surface area contributed by atoms with E-state index in [4.69, 9.17) is 4.42 Å². The molecule has 0 saturated carbocycles. The van der Waals surface area contributed by atoms with Crippen molar-refractivity contribution in [3.63, 3.8) is 0 Å². The summed E-state index contributed by atoms with van der Waals surface area (Å²) < 4.78 is 5.14. The molecule has 0 atom stereocenters. The third kappa shape index (κ3) is 2.66. The summed E-state index contributed by atoms with van der Waals surface area (Å²) in [5, 5.41) is 2.74. The van der Waals surface area contributed by atoms with Gasteiger partial charge >= 0.3 is 0 Å². The van der Waals surface area contributed by atoms with Gasteiger partial charge in [-0.3, -0.25) is 9.78 Å². The van der Waals surface area contributed by atoms with Crippen LogP contribution in [0.5, 0.6) is 0 Å². The summed E-state index contributed by atoms with van der Waals surface area (Å²) in [6.45, 7) is 0.517. The number of furan rings is 1. The van der Waals surface area contributed by atoms with Gasteiger partial charge in [-0.25, -0.2) is 4.98 Å². The smallest absolute Gasteiger partial charge is 0.271 e. The largest absolute Gasteiger partial charge is 0.469 e. The van der Waals surface area contributed by atoms with Crippen molar-refractivity contribution in [1.82, 2.24) is 15.3 Å². The highest BCUT2D eigenvalue weighted by molar-refractivity contribution is 5.91. The van der Waals surface area contributed by atoms with Gasteiger partial charge in [-0.05, 0) is 12.1 Å². The van der Waals surface area contributed by atoms with Crippen LogP contribution in [0.25, 0.3) is 0 Å². The lowest BCUT2D eigenvalue weighted by molar-refractivity contribution is 0.0948. The molecule has 5 nitrogen and oxygen atoms in total. The Kier molecular flexibility index (Phi) is 3.28. The summed E-state index contributed by atoms with van der Waals surface area (Å²) in [5.41, 5.74) is 0.321. The van der Waals surface area contributed by atoms with Crippen molar-refractivity contribution in [2.45, 2.75) is 6.42 Å². The first-order valence-electron chi connectivity index (χ1n) is 4.93. The Morgan fingerprint density at radius 3 is 3.06 bits per heavy atom. The number of hydrogen-bond donors (Lipinski definition) is 1. The van der Waals surface area contributed by atoms with E-state index in [1.165, 1.54) is 18.6 Å². The molecule has 0 spiro atoms. The van der Waals surface area contributed by atoms with E-state index in [-0.39, 0.29) is 5.91 Å². The zero-order valence-electron chi connectivity index (χ0n) is 8.59. The second-order valence-electron chi connectivity index (χ2n) is 3.18. The molecule has 1 N–H and O–H groups in total. The van der Waals surface area contributed by atoms with Gasteiger partial charge in [-0.2, -0.15) is 0 Å². The summed E-state index contributed by atoms with van der Waals surface area (Å²) >= 11 is 0. The molecule has 0 fully saturated rings. The number of carbonyl (C=O) groups excluding carboxylic acids is 1. The number of rotatable bonds is 4. The standard InChI is InChI=1S/C11H11N3O2/c15-11(10-8-12-5-6-13-10)14-4-3-9-2-1-7-16-9/h1-2,5-8H,3-4H2,(H,14,15). The lowest BCUT2D eigenvalue weighted by Gasteiger charge is -2.02. The van der Waals surface area contributed by atoms with Crippen molar-refractivity contribution in [2.75, 3.05) is 6.54 Å². The van der Waals surface area contributed by atoms with Crippen LogP contribution in [0.3, 0.4) is 0 Å². The van der Waals surface area contributed by atoms with Gasteiger partial charge in [-0.15, -0.1) is 0 Å². The predicted molar refractivity (Wildman–Crippen MR) is 56.8 cm³/mol. The van der Waals surface area contributed by atoms with Gasteiger partial charge in [0.25, 0.3) is 5.91 Å². The van der Waals surface area contributed by atoms with Gasteiger partial charge in [-0.1, -0.05) is 0 Å². The summed E-state index contributed by atoms with van der Waals surface area (Å²) in [4.78, 5) is 19.2. The van der Waals surface area contributed by atoms with Crippen molar-refractivity contribution >= 4 is 5.91 Å². The molecule has 1 amide bonds. The Balaban J connectivity index is 1.81. The first kappa shape index (κ1) is 10.4. The highest BCUT2D eigenvalue weighted by Gasteiger charge is 2.05. The SMILES string of the molecule is O=C(NCCc1ccco1)c1cnccn1. The number of hydrogen-bond acceptors (Lipinski definition) is 4. The molecule has 0 saturated heterocycles. The molecule has 2 heterocycles. The van der Waals surface area contributed by atoms with Gasteiger partial charge in [0.05, 0.1) is 12.5 Å². The molecular weight excluding hydrogens is 206 g/mol. The average Bonchev–Trinajstić information content (AvgIpc) is 2.83. The Labute approximate surface area is 92.5 Å². The number of nitrogens with zero attached hydrogens (tertiary/aromatic N) is 2. The minimum absolute atomic E-state index is 0.223. The van der Waals surface area contributed by atoms with E-state index in [1.807, 2.05) is 12.1 Å². The van der Waals surface area contributed by atoms with Crippen molar-refractivity contribution in [2.24, 2.45) is 0 Å². The first-order chi connectivity index (χ1) is 7.86. The van der Waals surface area contributed by atoms with Gasteiger partial charge in [0.1, 0.15) is 11.5 Å². The van der Waals surface area contributed by atoms with Crippen LogP contribution in [-0.2, 0) is 6.42 Å². The Bertz CT molecular complexity index is 440. The second-order valence-corrected chi connectivity index (χ2v) is 3.18. The number of nitrogens with one attached hydrogen (secondary N) is 1. The molecule has 0 bridgehead atoms. The van der Waals surface area contributed by atoms with E-state index in [0.29, 0.717) is 18.7 Å². The minimum Gasteiger partial charge on any atom is -0.469 e. The van der Waals surface area contributed by atoms with Gasteiger partial charge in [0.15, 0.2) is 0 Å². The molecular formula is C11H11N3O2. The van der Waals surface area contributed by atoms with Crippen LogP contribution in [0.15, 0.2) is 41.4 Å². The maximum atomic E-state index is 11.5. The topological polar surface area (TPSA) is 68.0 Å². The Morgan fingerprint density at radius 2 is 2.38 bits per heavy atom. The molecule has 0 aliphatic heterocycles. The predicted octanol–water partition coefficient (Wildman–Crippen LogP) is 1.04. The summed E-state index contributed by atoms with van der Waals surface area (Å²) in [6, 6.07) is 3.69. The monoisotopic (exact) mass is 217 g/mol. The third-order valence-corrected chi connectivity index (χ3v) is 2.03. The molecule has 0 aliphatic rings. The van der Waals surface area contributed by atoms with Crippen molar-refractivity contribution in [1.29, 1.82) is 0 Å². The van der Waals surface area contributed by atoms with Crippen LogP contribution in [-0.4, -0.2) is 22.4 Å². The molecule has 16 heavy (non-hydrogen) atoms. The van der Waals surface area contributed by atoms with Gasteiger partial charge in [0.2, 0.25) is 0 Å². The first-order valence-corrected chi connectivity index (χ1v) is 4.93. The Hall–Kier alpha value is -2.17. The van der Waals surface area contributed by atoms with Crippen molar-refractivity contribution < 1.29 is 9.21 Å². The van der Waals surface area contributed by atoms with Gasteiger partial charge < -0.3 is 9.73 Å². The van der Waals surface area contributed by atoms with E-state index in [0.717, 1.165) is 5.76 Å². The Morgan fingerprint density at radius 1 is 1.44 bits per heavy atom. The summed E-state index contributed by atoms with van der Waals surface area (Å²) in [6.07, 6.45) is 6.72. The fourth-order valence-electron chi connectivity index (χ4n) is 1.26. The van der Waals surface area contributed by atoms with E-state index in [9.17, 15) is 4.79 Å². The van der Waals surface area contributed by atoms with Crippen LogP contribution >= 0.6 is 0 Å². The molecule has 0 radical (unpaired) electrons. The molecule has 82 valence electrons. The van der Waals surface area contributed by atoms with Crippen LogP contribution in [0.4, 0.5) is 0 Å². The fourth-order valence-corrected chi connectivity index (χ4v) is 1.26. The highest BCUT2D eigenvalue weighted by Crippen LogP contribution is 1.99. The molecule has 2 rings (SSSR count).